The number of aromatic carboxylic acids is 1. The highest BCUT2D eigenvalue weighted by Gasteiger charge is 2.14. The van der Waals surface area contributed by atoms with Crippen molar-refractivity contribution in [2.45, 2.75) is 13.8 Å². The molecule has 0 spiro atoms. The van der Waals surface area contributed by atoms with Gasteiger partial charge >= 0.3 is 5.97 Å². The topological polar surface area (TPSA) is 102 Å². The molecule has 0 aromatic carbocycles. The predicted molar refractivity (Wildman–Crippen MR) is 72.0 cm³/mol. The van der Waals surface area contributed by atoms with Gasteiger partial charge in [0, 0.05) is 17.3 Å². The average molecular weight is 295 g/mol. The Hall–Kier alpha value is -2.22. The number of carboxylic acids is 1. The van der Waals surface area contributed by atoms with E-state index < -0.39 is 16.0 Å². The Balaban J connectivity index is 2.43. The van der Waals surface area contributed by atoms with Gasteiger partial charge in [0.15, 0.2) is 5.69 Å². The molecule has 20 heavy (non-hydrogen) atoms. The van der Waals surface area contributed by atoms with Crippen LogP contribution in [0.3, 0.4) is 0 Å². The first-order chi connectivity index (χ1) is 9.35. The number of carboxylic acid groups (broad SMARTS) is 1. The third-order valence-corrected chi connectivity index (χ3v) is 4.32. The van der Waals surface area contributed by atoms with E-state index in [2.05, 4.69) is 10.1 Å². The van der Waals surface area contributed by atoms with E-state index in [1.807, 2.05) is 0 Å². The van der Waals surface area contributed by atoms with Gasteiger partial charge in [-0.1, -0.05) is 0 Å². The van der Waals surface area contributed by atoms with E-state index in [0.29, 0.717) is 16.7 Å². The SMILES string of the molecule is CCS(=O)(=O)n1cc(-c2cnc(C(=O)O)c(C)c2)cn1. The molecule has 7 nitrogen and oxygen atoms in total. The molecule has 0 aliphatic carbocycles. The minimum Gasteiger partial charge on any atom is -0.477 e. The molecular weight excluding hydrogens is 282 g/mol. The molecule has 0 fully saturated rings. The number of hydrogen-bond donors (Lipinski definition) is 1. The maximum absolute atomic E-state index is 11.7. The molecular formula is C12H13N3O4S. The maximum atomic E-state index is 11.7. The zero-order valence-electron chi connectivity index (χ0n) is 10.9. The Kier molecular flexibility index (Phi) is 3.58. The number of pyridine rings is 1. The Bertz CT molecular complexity index is 765. The first-order valence-corrected chi connectivity index (χ1v) is 7.44. The van der Waals surface area contributed by atoms with Gasteiger partial charge in [-0.2, -0.15) is 9.19 Å². The van der Waals surface area contributed by atoms with E-state index in [0.717, 1.165) is 4.09 Å². The van der Waals surface area contributed by atoms with Crippen LogP contribution in [0.15, 0.2) is 24.7 Å². The summed E-state index contributed by atoms with van der Waals surface area (Å²) < 4.78 is 24.2. The second kappa shape index (κ2) is 5.04. The molecule has 0 atom stereocenters. The van der Waals surface area contributed by atoms with E-state index in [1.165, 1.54) is 25.5 Å². The molecule has 2 aromatic heterocycles. The lowest BCUT2D eigenvalue weighted by molar-refractivity contribution is 0.0689. The summed E-state index contributed by atoms with van der Waals surface area (Å²) in [5, 5.41) is 12.7. The smallest absolute Gasteiger partial charge is 0.354 e. The fourth-order valence-corrected chi connectivity index (χ4v) is 2.42. The van der Waals surface area contributed by atoms with Crippen molar-refractivity contribution in [3.8, 4) is 11.1 Å². The summed E-state index contributed by atoms with van der Waals surface area (Å²) in [6.45, 7) is 3.16. The van der Waals surface area contributed by atoms with Gasteiger partial charge in [0.1, 0.15) is 0 Å². The molecule has 0 saturated carbocycles. The summed E-state index contributed by atoms with van der Waals surface area (Å²) in [5.41, 5.74) is 1.66. The lowest BCUT2D eigenvalue weighted by atomic mass is 10.1. The van der Waals surface area contributed by atoms with Crippen molar-refractivity contribution in [3.63, 3.8) is 0 Å². The predicted octanol–water partition coefficient (Wildman–Crippen LogP) is 1.15. The monoisotopic (exact) mass is 295 g/mol. The molecule has 0 amide bonds. The molecule has 0 unspecified atom stereocenters. The van der Waals surface area contributed by atoms with Crippen LogP contribution in [0.4, 0.5) is 0 Å². The van der Waals surface area contributed by atoms with Crippen molar-refractivity contribution >= 4 is 16.0 Å². The van der Waals surface area contributed by atoms with Crippen molar-refractivity contribution in [2.75, 3.05) is 5.75 Å². The van der Waals surface area contributed by atoms with Crippen LogP contribution in [0.25, 0.3) is 11.1 Å². The number of carbonyl (C=O) groups is 1. The molecule has 0 aliphatic heterocycles. The largest absolute Gasteiger partial charge is 0.477 e. The van der Waals surface area contributed by atoms with Gasteiger partial charge in [-0.3, -0.25) is 0 Å². The summed E-state index contributed by atoms with van der Waals surface area (Å²) in [7, 11) is -3.43. The first kappa shape index (κ1) is 14.2. The van der Waals surface area contributed by atoms with E-state index in [9.17, 15) is 13.2 Å². The number of aromatic nitrogens is 3. The van der Waals surface area contributed by atoms with Crippen LogP contribution in [-0.2, 0) is 10.0 Å². The van der Waals surface area contributed by atoms with Gasteiger partial charge in [0.2, 0.25) is 0 Å². The minimum absolute atomic E-state index is 0.0256. The zero-order valence-corrected chi connectivity index (χ0v) is 11.8. The van der Waals surface area contributed by atoms with Crippen LogP contribution < -0.4 is 0 Å². The van der Waals surface area contributed by atoms with Crippen molar-refractivity contribution in [3.05, 3.63) is 35.9 Å². The summed E-state index contributed by atoms with van der Waals surface area (Å²) in [6.07, 6.45) is 4.18. The summed E-state index contributed by atoms with van der Waals surface area (Å²) >= 11 is 0. The highest BCUT2D eigenvalue weighted by atomic mass is 32.2. The second-order valence-corrected chi connectivity index (χ2v) is 6.31. The van der Waals surface area contributed by atoms with Crippen LogP contribution in [0.5, 0.6) is 0 Å². The van der Waals surface area contributed by atoms with Crippen molar-refractivity contribution in [1.29, 1.82) is 0 Å². The van der Waals surface area contributed by atoms with Gasteiger partial charge < -0.3 is 5.11 Å². The van der Waals surface area contributed by atoms with Gasteiger partial charge in [-0.05, 0) is 25.5 Å². The Labute approximate surface area is 115 Å². The standard InChI is InChI=1S/C12H13N3O4S/c1-3-20(18,19)15-7-10(6-14-15)9-4-8(2)11(12(16)17)13-5-9/h4-7H,3H2,1-2H3,(H,16,17). The quantitative estimate of drug-likeness (QED) is 0.907. The molecule has 106 valence electrons. The molecule has 0 saturated heterocycles. The van der Waals surface area contributed by atoms with Gasteiger partial charge in [0.05, 0.1) is 18.1 Å². The molecule has 2 rings (SSSR count). The molecule has 0 radical (unpaired) electrons. The molecule has 2 aromatic rings. The summed E-state index contributed by atoms with van der Waals surface area (Å²) in [4.78, 5) is 14.7. The van der Waals surface area contributed by atoms with Crippen LogP contribution >= 0.6 is 0 Å². The highest BCUT2D eigenvalue weighted by molar-refractivity contribution is 7.89. The van der Waals surface area contributed by atoms with E-state index in [1.54, 1.807) is 13.0 Å². The third kappa shape index (κ3) is 2.55. The first-order valence-electron chi connectivity index (χ1n) is 5.83. The lowest BCUT2D eigenvalue weighted by Gasteiger charge is -2.02. The third-order valence-electron chi connectivity index (χ3n) is 2.82. The Morgan fingerprint density at radius 3 is 2.60 bits per heavy atom. The van der Waals surface area contributed by atoms with Crippen molar-refractivity contribution in [1.82, 2.24) is 14.2 Å². The summed E-state index contributed by atoms with van der Waals surface area (Å²) in [5.74, 6) is -1.15. The molecule has 8 heteroatoms. The van der Waals surface area contributed by atoms with E-state index in [4.69, 9.17) is 5.11 Å². The Morgan fingerprint density at radius 2 is 2.05 bits per heavy atom. The van der Waals surface area contributed by atoms with Gasteiger partial charge in [-0.25, -0.2) is 18.2 Å². The highest BCUT2D eigenvalue weighted by Crippen LogP contribution is 2.20. The minimum atomic E-state index is -3.43. The summed E-state index contributed by atoms with van der Waals surface area (Å²) in [6, 6.07) is 1.64. The van der Waals surface area contributed by atoms with Crippen LogP contribution in [0, 0.1) is 6.92 Å². The van der Waals surface area contributed by atoms with Crippen molar-refractivity contribution in [2.24, 2.45) is 0 Å². The van der Waals surface area contributed by atoms with Gasteiger partial charge in [-0.15, -0.1) is 0 Å². The fraction of sp³-hybridized carbons (Fsp3) is 0.250. The average Bonchev–Trinajstić information content (AvgIpc) is 2.88. The normalized spacial score (nSPS) is 11.5. The second-order valence-electron chi connectivity index (χ2n) is 4.20. The number of rotatable bonds is 4. The van der Waals surface area contributed by atoms with E-state index in [-0.39, 0.29) is 11.4 Å². The fourth-order valence-electron chi connectivity index (χ4n) is 1.69. The zero-order chi connectivity index (χ0) is 14.9. The number of nitrogens with zero attached hydrogens (tertiary/aromatic N) is 3. The number of aryl methyl sites for hydroxylation is 1. The molecule has 2 heterocycles. The van der Waals surface area contributed by atoms with Crippen LogP contribution in [-0.4, -0.2) is 39.4 Å². The van der Waals surface area contributed by atoms with Gasteiger partial charge in [0.25, 0.3) is 10.0 Å². The lowest BCUT2D eigenvalue weighted by Crippen LogP contribution is -2.14. The van der Waals surface area contributed by atoms with Crippen LogP contribution in [0.1, 0.15) is 23.0 Å². The van der Waals surface area contributed by atoms with E-state index >= 15 is 0 Å². The molecule has 0 aliphatic rings. The van der Waals surface area contributed by atoms with Crippen LogP contribution in [0.2, 0.25) is 0 Å². The van der Waals surface area contributed by atoms with Crippen molar-refractivity contribution < 1.29 is 18.3 Å². The molecule has 0 bridgehead atoms. The number of hydrogen-bond acceptors (Lipinski definition) is 5. The Morgan fingerprint density at radius 1 is 1.35 bits per heavy atom. The maximum Gasteiger partial charge on any atom is 0.354 e. The molecule has 1 N–H and O–H groups in total.